The van der Waals surface area contributed by atoms with E-state index in [1.54, 1.807) is 29.0 Å². The van der Waals surface area contributed by atoms with Gasteiger partial charge in [0, 0.05) is 57.2 Å². The van der Waals surface area contributed by atoms with Crippen molar-refractivity contribution in [3.05, 3.63) is 24.0 Å². The molecular weight excluding hydrogens is 362 g/mol. The number of amides is 3. The van der Waals surface area contributed by atoms with E-state index in [-0.39, 0.29) is 18.0 Å². The molecule has 1 N–H and O–H groups in total. The minimum atomic E-state index is -0.295. The molecular formula is C19H27N5O4. The van der Waals surface area contributed by atoms with Crippen LogP contribution in [0.5, 0.6) is 0 Å². The number of aromatic nitrogens is 1. The van der Waals surface area contributed by atoms with Gasteiger partial charge in [0.05, 0.1) is 6.61 Å². The van der Waals surface area contributed by atoms with E-state index in [2.05, 4.69) is 15.2 Å². The Morgan fingerprint density at radius 3 is 2.57 bits per heavy atom. The quantitative estimate of drug-likeness (QED) is 0.746. The molecule has 0 unspecified atom stereocenters. The van der Waals surface area contributed by atoms with Gasteiger partial charge in [0.2, 0.25) is 6.41 Å². The zero-order valence-electron chi connectivity index (χ0n) is 16.2. The predicted octanol–water partition coefficient (Wildman–Crippen LogP) is 0.711. The number of piperazine rings is 1. The third-order valence-corrected chi connectivity index (χ3v) is 5.16. The standard InChI is InChI=1S/C19H27N5O4/c1-2-28-19(27)24-7-4-15(5-8-24)21-18(26)17-13-16(3-6-20-17)23-11-9-22(14-25)10-12-23/h3,6,13-15H,2,4-5,7-12H2,1H3,(H,21,26). The summed E-state index contributed by atoms with van der Waals surface area (Å²) in [4.78, 5) is 45.0. The van der Waals surface area contributed by atoms with Crippen molar-refractivity contribution in [2.45, 2.75) is 25.8 Å². The molecule has 9 heteroatoms. The van der Waals surface area contributed by atoms with Gasteiger partial charge in [-0.15, -0.1) is 0 Å². The number of nitrogens with one attached hydrogen (secondary N) is 1. The van der Waals surface area contributed by atoms with E-state index < -0.39 is 0 Å². The minimum absolute atomic E-state index is 0.0137. The number of ether oxygens (including phenoxy) is 1. The Labute approximate surface area is 164 Å². The lowest BCUT2D eigenvalue weighted by Crippen LogP contribution is -2.47. The molecule has 2 aliphatic heterocycles. The maximum absolute atomic E-state index is 12.6. The van der Waals surface area contributed by atoms with Crippen LogP contribution in [0, 0.1) is 0 Å². The van der Waals surface area contributed by atoms with Crippen LogP contribution >= 0.6 is 0 Å². The zero-order chi connectivity index (χ0) is 19.9. The molecule has 2 aliphatic rings. The van der Waals surface area contributed by atoms with Crippen LogP contribution in [0.2, 0.25) is 0 Å². The van der Waals surface area contributed by atoms with Crippen LogP contribution < -0.4 is 10.2 Å². The van der Waals surface area contributed by atoms with Crippen molar-refractivity contribution < 1.29 is 19.1 Å². The number of piperidine rings is 1. The van der Waals surface area contributed by atoms with Gasteiger partial charge in [-0.25, -0.2) is 4.79 Å². The zero-order valence-corrected chi connectivity index (χ0v) is 16.2. The average molecular weight is 389 g/mol. The van der Waals surface area contributed by atoms with Crippen molar-refractivity contribution in [2.75, 3.05) is 50.8 Å². The van der Waals surface area contributed by atoms with Gasteiger partial charge in [-0.2, -0.15) is 0 Å². The van der Waals surface area contributed by atoms with Gasteiger partial charge in [-0.1, -0.05) is 0 Å². The highest BCUT2D eigenvalue weighted by Crippen LogP contribution is 2.17. The average Bonchev–Trinajstić information content (AvgIpc) is 2.74. The monoisotopic (exact) mass is 389 g/mol. The second kappa shape index (κ2) is 9.38. The van der Waals surface area contributed by atoms with Gasteiger partial charge in [-0.05, 0) is 31.9 Å². The van der Waals surface area contributed by atoms with E-state index in [4.69, 9.17) is 4.74 Å². The fraction of sp³-hybridized carbons (Fsp3) is 0.579. The SMILES string of the molecule is CCOC(=O)N1CCC(NC(=O)c2cc(N3CCN(C=O)CC3)ccn2)CC1. The molecule has 2 saturated heterocycles. The van der Waals surface area contributed by atoms with Crippen molar-refractivity contribution in [3.8, 4) is 0 Å². The summed E-state index contributed by atoms with van der Waals surface area (Å²) in [7, 11) is 0. The predicted molar refractivity (Wildman–Crippen MR) is 103 cm³/mol. The number of likely N-dealkylation sites (tertiary alicyclic amines) is 1. The summed E-state index contributed by atoms with van der Waals surface area (Å²) in [6.45, 7) is 6.09. The van der Waals surface area contributed by atoms with Gasteiger partial charge in [0.25, 0.3) is 5.91 Å². The van der Waals surface area contributed by atoms with Gasteiger partial charge in [0.15, 0.2) is 0 Å². The van der Waals surface area contributed by atoms with Crippen molar-refractivity contribution in [1.82, 2.24) is 20.1 Å². The summed E-state index contributed by atoms with van der Waals surface area (Å²) in [6.07, 6.45) is 3.60. The molecule has 0 radical (unpaired) electrons. The Morgan fingerprint density at radius 1 is 1.21 bits per heavy atom. The lowest BCUT2D eigenvalue weighted by Gasteiger charge is -2.34. The number of carbonyl (C=O) groups excluding carboxylic acids is 3. The van der Waals surface area contributed by atoms with Crippen LogP contribution in [-0.4, -0.2) is 85.1 Å². The second-order valence-electron chi connectivity index (χ2n) is 6.96. The van der Waals surface area contributed by atoms with Crippen LogP contribution in [0.3, 0.4) is 0 Å². The first-order valence-electron chi connectivity index (χ1n) is 9.73. The van der Waals surface area contributed by atoms with Crippen LogP contribution in [0.1, 0.15) is 30.3 Å². The van der Waals surface area contributed by atoms with E-state index in [1.807, 2.05) is 6.07 Å². The molecule has 0 aromatic carbocycles. The first-order chi connectivity index (χ1) is 13.6. The Morgan fingerprint density at radius 2 is 1.93 bits per heavy atom. The number of carbonyl (C=O) groups is 3. The number of rotatable bonds is 5. The summed E-state index contributed by atoms with van der Waals surface area (Å²) >= 11 is 0. The normalized spacial score (nSPS) is 18.0. The molecule has 152 valence electrons. The number of nitrogens with zero attached hydrogens (tertiary/aromatic N) is 4. The molecule has 0 bridgehead atoms. The Hall–Kier alpha value is -2.84. The molecule has 3 amide bonds. The van der Waals surface area contributed by atoms with Crippen molar-refractivity contribution >= 4 is 24.1 Å². The van der Waals surface area contributed by atoms with Gasteiger partial charge in [0.1, 0.15) is 5.69 Å². The molecule has 0 saturated carbocycles. The van der Waals surface area contributed by atoms with E-state index in [0.717, 1.165) is 25.2 Å². The summed E-state index contributed by atoms with van der Waals surface area (Å²) in [5.74, 6) is -0.206. The third-order valence-electron chi connectivity index (χ3n) is 5.16. The summed E-state index contributed by atoms with van der Waals surface area (Å²) in [5, 5.41) is 3.02. The summed E-state index contributed by atoms with van der Waals surface area (Å²) in [6, 6.07) is 3.69. The molecule has 1 aromatic heterocycles. The van der Waals surface area contributed by atoms with Gasteiger partial charge in [-0.3, -0.25) is 14.6 Å². The Kier molecular flexibility index (Phi) is 6.67. The van der Waals surface area contributed by atoms with E-state index >= 15 is 0 Å². The topological polar surface area (TPSA) is 95.1 Å². The number of hydrogen-bond donors (Lipinski definition) is 1. The van der Waals surface area contributed by atoms with Crippen molar-refractivity contribution in [1.29, 1.82) is 0 Å². The fourth-order valence-corrected chi connectivity index (χ4v) is 3.51. The van der Waals surface area contributed by atoms with Crippen LogP contribution in [0.4, 0.5) is 10.5 Å². The first kappa shape index (κ1) is 19.9. The fourth-order valence-electron chi connectivity index (χ4n) is 3.51. The number of hydrogen-bond acceptors (Lipinski definition) is 6. The van der Waals surface area contributed by atoms with Gasteiger partial charge < -0.3 is 24.8 Å². The van der Waals surface area contributed by atoms with Crippen LogP contribution in [0.25, 0.3) is 0 Å². The first-order valence-corrected chi connectivity index (χ1v) is 9.73. The van der Waals surface area contributed by atoms with E-state index in [0.29, 0.717) is 51.3 Å². The number of pyridine rings is 1. The molecule has 0 atom stereocenters. The molecule has 28 heavy (non-hydrogen) atoms. The second-order valence-corrected chi connectivity index (χ2v) is 6.96. The highest BCUT2D eigenvalue weighted by molar-refractivity contribution is 5.93. The smallest absolute Gasteiger partial charge is 0.409 e. The van der Waals surface area contributed by atoms with Crippen molar-refractivity contribution in [3.63, 3.8) is 0 Å². The molecule has 9 nitrogen and oxygen atoms in total. The maximum atomic E-state index is 12.6. The molecule has 3 heterocycles. The maximum Gasteiger partial charge on any atom is 0.409 e. The van der Waals surface area contributed by atoms with Crippen LogP contribution in [-0.2, 0) is 9.53 Å². The Balaban J connectivity index is 1.53. The summed E-state index contributed by atoms with van der Waals surface area (Å²) in [5.41, 5.74) is 1.31. The summed E-state index contributed by atoms with van der Waals surface area (Å²) < 4.78 is 5.01. The van der Waals surface area contributed by atoms with E-state index in [9.17, 15) is 14.4 Å². The molecule has 1 aromatic rings. The minimum Gasteiger partial charge on any atom is -0.450 e. The third kappa shape index (κ3) is 4.90. The van der Waals surface area contributed by atoms with Gasteiger partial charge >= 0.3 is 6.09 Å². The van der Waals surface area contributed by atoms with Crippen molar-refractivity contribution in [2.24, 2.45) is 0 Å². The highest BCUT2D eigenvalue weighted by atomic mass is 16.6. The molecule has 2 fully saturated rings. The Bertz CT molecular complexity index is 697. The lowest BCUT2D eigenvalue weighted by atomic mass is 10.1. The highest BCUT2D eigenvalue weighted by Gasteiger charge is 2.25. The molecule has 0 aliphatic carbocycles. The largest absolute Gasteiger partial charge is 0.450 e. The number of anilines is 1. The lowest BCUT2D eigenvalue weighted by molar-refractivity contribution is -0.118. The molecule has 0 spiro atoms. The van der Waals surface area contributed by atoms with Crippen LogP contribution in [0.15, 0.2) is 18.3 Å². The van der Waals surface area contributed by atoms with E-state index in [1.165, 1.54) is 0 Å². The molecule has 3 rings (SSSR count).